The fourth-order valence-corrected chi connectivity index (χ4v) is 2.06. The van der Waals surface area contributed by atoms with E-state index in [4.69, 9.17) is 5.73 Å². The van der Waals surface area contributed by atoms with Gasteiger partial charge in [0.15, 0.2) is 0 Å². The normalized spacial score (nSPS) is 12.4. The molecule has 0 radical (unpaired) electrons. The van der Waals surface area contributed by atoms with Crippen LogP contribution in [-0.4, -0.2) is 25.5 Å². The number of nitrogens with zero attached hydrogens (tertiary/aromatic N) is 4. The molecule has 2 aromatic rings. The molecule has 0 saturated heterocycles. The topological polar surface area (TPSA) is 90.8 Å². The molecular weight excluding hydrogens is 244 g/mol. The van der Waals surface area contributed by atoms with Gasteiger partial charge in [0.05, 0.1) is 23.6 Å². The molecule has 19 heavy (non-hydrogen) atoms. The molecule has 2 rings (SSSR count). The van der Waals surface area contributed by atoms with Gasteiger partial charge in [0.2, 0.25) is 5.91 Å². The number of rotatable bonds is 5. The third-order valence-corrected chi connectivity index (χ3v) is 2.85. The first-order valence-corrected chi connectivity index (χ1v) is 6.03. The molecule has 3 N–H and O–H groups in total. The van der Waals surface area contributed by atoms with Crippen LogP contribution in [0.15, 0.2) is 18.6 Å². The lowest BCUT2D eigenvalue weighted by Gasteiger charge is -2.12. The van der Waals surface area contributed by atoms with E-state index >= 15 is 0 Å². The van der Waals surface area contributed by atoms with E-state index in [-0.39, 0.29) is 12.6 Å². The van der Waals surface area contributed by atoms with Crippen molar-refractivity contribution >= 4 is 11.6 Å². The van der Waals surface area contributed by atoms with Crippen molar-refractivity contribution in [2.75, 3.05) is 5.32 Å². The SMILES string of the molecule is Cc1nn(C)cc1C(C)Nc1cnn(CC(N)=O)c1. The highest BCUT2D eigenvalue weighted by atomic mass is 16.1. The molecule has 0 spiro atoms. The molecule has 1 atom stereocenters. The van der Waals surface area contributed by atoms with E-state index in [1.54, 1.807) is 17.1 Å². The van der Waals surface area contributed by atoms with E-state index in [0.29, 0.717) is 0 Å². The molecule has 0 aromatic carbocycles. The molecule has 2 aromatic heterocycles. The van der Waals surface area contributed by atoms with E-state index in [9.17, 15) is 4.79 Å². The first-order chi connectivity index (χ1) is 8.95. The molecule has 0 aliphatic carbocycles. The van der Waals surface area contributed by atoms with Crippen LogP contribution in [0, 0.1) is 6.92 Å². The van der Waals surface area contributed by atoms with Crippen LogP contribution in [0.1, 0.15) is 24.2 Å². The van der Waals surface area contributed by atoms with Crippen LogP contribution in [0.4, 0.5) is 5.69 Å². The second-order valence-corrected chi connectivity index (χ2v) is 4.60. The zero-order chi connectivity index (χ0) is 14.0. The fourth-order valence-electron chi connectivity index (χ4n) is 2.06. The number of hydrogen-bond donors (Lipinski definition) is 2. The minimum absolute atomic E-state index is 0.0853. The van der Waals surface area contributed by atoms with Gasteiger partial charge in [-0.2, -0.15) is 10.2 Å². The van der Waals surface area contributed by atoms with Crippen LogP contribution >= 0.6 is 0 Å². The molecule has 0 bridgehead atoms. The number of nitrogens with one attached hydrogen (secondary N) is 1. The number of carbonyl (C=O) groups is 1. The molecule has 0 saturated carbocycles. The number of anilines is 1. The third-order valence-electron chi connectivity index (χ3n) is 2.85. The van der Waals surface area contributed by atoms with E-state index < -0.39 is 5.91 Å². The van der Waals surface area contributed by atoms with Crippen molar-refractivity contribution in [1.82, 2.24) is 19.6 Å². The second kappa shape index (κ2) is 5.13. The van der Waals surface area contributed by atoms with Crippen molar-refractivity contribution in [1.29, 1.82) is 0 Å². The number of aromatic nitrogens is 4. The summed E-state index contributed by atoms with van der Waals surface area (Å²) >= 11 is 0. The molecule has 2 heterocycles. The molecule has 0 aliphatic heterocycles. The van der Waals surface area contributed by atoms with Crippen LogP contribution in [-0.2, 0) is 18.4 Å². The maximum atomic E-state index is 10.8. The number of primary amides is 1. The van der Waals surface area contributed by atoms with Crippen molar-refractivity contribution in [3.63, 3.8) is 0 Å². The lowest BCUT2D eigenvalue weighted by Crippen LogP contribution is -2.18. The maximum Gasteiger partial charge on any atom is 0.239 e. The highest BCUT2D eigenvalue weighted by molar-refractivity contribution is 5.73. The van der Waals surface area contributed by atoms with Crippen LogP contribution in [0.5, 0.6) is 0 Å². The maximum absolute atomic E-state index is 10.8. The Labute approximate surface area is 111 Å². The predicted octanol–water partition coefficient (Wildman–Crippen LogP) is 0.583. The Kier molecular flexibility index (Phi) is 3.55. The number of amides is 1. The largest absolute Gasteiger partial charge is 0.376 e. The Morgan fingerprint density at radius 2 is 2.26 bits per heavy atom. The Morgan fingerprint density at radius 1 is 1.53 bits per heavy atom. The molecule has 7 nitrogen and oxygen atoms in total. The zero-order valence-corrected chi connectivity index (χ0v) is 11.3. The van der Waals surface area contributed by atoms with Crippen molar-refractivity contribution in [3.05, 3.63) is 29.8 Å². The van der Waals surface area contributed by atoms with Crippen LogP contribution in [0.25, 0.3) is 0 Å². The summed E-state index contributed by atoms with van der Waals surface area (Å²) in [4.78, 5) is 10.8. The van der Waals surface area contributed by atoms with Gasteiger partial charge >= 0.3 is 0 Å². The first kappa shape index (κ1) is 13.1. The van der Waals surface area contributed by atoms with Crippen molar-refractivity contribution in [2.45, 2.75) is 26.4 Å². The van der Waals surface area contributed by atoms with Crippen LogP contribution < -0.4 is 11.1 Å². The van der Waals surface area contributed by atoms with Gasteiger partial charge in [-0.05, 0) is 13.8 Å². The minimum Gasteiger partial charge on any atom is -0.376 e. The lowest BCUT2D eigenvalue weighted by atomic mass is 10.1. The number of carbonyl (C=O) groups excluding carboxylic acids is 1. The molecule has 102 valence electrons. The Morgan fingerprint density at radius 3 is 2.84 bits per heavy atom. The van der Waals surface area contributed by atoms with Gasteiger partial charge in [-0.25, -0.2) is 0 Å². The van der Waals surface area contributed by atoms with E-state index in [1.165, 1.54) is 4.68 Å². The van der Waals surface area contributed by atoms with Crippen molar-refractivity contribution in [2.24, 2.45) is 12.8 Å². The summed E-state index contributed by atoms with van der Waals surface area (Å²) in [5.41, 5.74) is 8.08. The fraction of sp³-hybridized carbons (Fsp3) is 0.417. The smallest absolute Gasteiger partial charge is 0.239 e. The minimum atomic E-state index is -0.411. The average Bonchev–Trinajstić information content (AvgIpc) is 2.84. The third kappa shape index (κ3) is 3.12. The summed E-state index contributed by atoms with van der Waals surface area (Å²) in [6.45, 7) is 4.11. The second-order valence-electron chi connectivity index (χ2n) is 4.60. The zero-order valence-electron chi connectivity index (χ0n) is 11.3. The Balaban J connectivity index is 2.06. The Hall–Kier alpha value is -2.31. The molecule has 0 aliphatic rings. The quantitative estimate of drug-likeness (QED) is 0.824. The summed E-state index contributed by atoms with van der Waals surface area (Å²) in [5.74, 6) is -0.411. The number of aryl methyl sites for hydroxylation is 2. The lowest BCUT2D eigenvalue weighted by molar-refractivity contribution is -0.118. The predicted molar refractivity (Wildman–Crippen MR) is 71.4 cm³/mol. The van der Waals surface area contributed by atoms with Crippen LogP contribution in [0.3, 0.4) is 0 Å². The van der Waals surface area contributed by atoms with Crippen LogP contribution in [0.2, 0.25) is 0 Å². The van der Waals surface area contributed by atoms with Gasteiger partial charge in [-0.1, -0.05) is 0 Å². The molecular formula is C12H18N6O. The summed E-state index contributed by atoms with van der Waals surface area (Å²) in [6.07, 6.45) is 5.42. The highest BCUT2D eigenvalue weighted by Gasteiger charge is 2.12. The van der Waals surface area contributed by atoms with Crippen molar-refractivity contribution < 1.29 is 4.79 Å². The van der Waals surface area contributed by atoms with Gasteiger partial charge in [0.1, 0.15) is 6.54 Å². The summed E-state index contributed by atoms with van der Waals surface area (Å²) in [5, 5.41) is 11.7. The first-order valence-electron chi connectivity index (χ1n) is 6.03. The summed E-state index contributed by atoms with van der Waals surface area (Å²) < 4.78 is 3.30. The average molecular weight is 262 g/mol. The highest BCUT2D eigenvalue weighted by Crippen LogP contribution is 2.20. The van der Waals surface area contributed by atoms with Gasteiger partial charge in [0, 0.05) is 25.0 Å². The Bertz CT molecular complexity index is 585. The summed E-state index contributed by atoms with van der Waals surface area (Å²) in [7, 11) is 1.90. The van der Waals surface area contributed by atoms with Gasteiger partial charge in [-0.15, -0.1) is 0 Å². The molecule has 1 amide bonds. The molecule has 7 heteroatoms. The standard InChI is InChI=1S/C12H18N6O/c1-8(11-6-17(3)16-9(11)2)15-10-4-14-18(5-10)7-12(13)19/h4-6,8,15H,7H2,1-3H3,(H2,13,19). The van der Waals surface area contributed by atoms with Crippen molar-refractivity contribution in [3.8, 4) is 0 Å². The van der Waals surface area contributed by atoms with Gasteiger partial charge < -0.3 is 11.1 Å². The van der Waals surface area contributed by atoms with Gasteiger partial charge in [0.25, 0.3) is 0 Å². The molecule has 1 unspecified atom stereocenters. The number of hydrogen-bond acceptors (Lipinski definition) is 4. The number of nitrogens with two attached hydrogens (primary N) is 1. The monoisotopic (exact) mass is 262 g/mol. The van der Waals surface area contributed by atoms with E-state index in [0.717, 1.165) is 16.9 Å². The van der Waals surface area contributed by atoms with Gasteiger partial charge in [-0.3, -0.25) is 14.2 Å². The van der Waals surface area contributed by atoms with E-state index in [1.807, 2.05) is 20.2 Å². The summed E-state index contributed by atoms with van der Waals surface area (Å²) in [6, 6.07) is 0.111. The van der Waals surface area contributed by atoms with E-state index in [2.05, 4.69) is 22.4 Å². The molecule has 0 fully saturated rings.